The summed E-state index contributed by atoms with van der Waals surface area (Å²) in [5.74, 6) is 0. The maximum Gasteiger partial charge on any atom is 0.233 e. The summed E-state index contributed by atoms with van der Waals surface area (Å²) in [5, 5.41) is 14.1. The summed E-state index contributed by atoms with van der Waals surface area (Å²) < 4.78 is 1.93. The molecule has 123 valence electrons. The number of aromatic nitrogens is 2. The molecule has 25 heavy (non-hydrogen) atoms. The van der Waals surface area contributed by atoms with Gasteiger partial charge in [-0.25, -0.2) is 0 Å². The van der Waals surface area contributed by atoms with E-state index in [1.165, 1.54) is 0 Å². The first kappa shape index (κ1) is 16.9. The van der Waals surface area contributed by atoms with E-state index in [1.54, 1.807) is 24.3 Å². The Morgan fingerprint density at radius 3 is 2.48 bits per heavy atom. The van der Waals surface area contributed by atoms with Crippen molar-refractivity contribution in [3.05, 3.63) is 75.6 Å². The lowest BCUT2D eigenvalue weighted by Crippen LogP contribution is -2.04. The van der Waals surface area contributed by atoms with Crippen molar-refractivity contribution in [3.8, 4) is 17.2 Å². The molecule has 0 N–H and O–H groups in total. The van der Waals surface area contributed by atoms with Gasteiger partial charge in [-0.3, -0.25) is 9.48 Å². The van der Waals surface area contributed by atoms with Crippen LogP contribution in [0.15, 0.2) is 42.5 Å². The molecule has 5 heteroatoms. The second-order valence-corrected chi connectivity index (χ2v) is 6.22. The Labute approximate surface area is 151 Å². The van der Waals surface area contributed by atoms with E-state index in [1.807, 2.05) is 43.0 Å². The van der Waals surface area contributed by atoms with E-state index < -0.39 is 0 Å². The van der Waals surface area contributed by atoms with Gasteiger partial charge in [-0.1, -0.05) is 41.9 Å². The van der Waals surface area contributed by atoms with Gasteiger partial charge < -0.3 is 0 Å². The van der Waals surface area contributed by atoms with Gasteiger partial charge in [0.1, 0.15) is 6.07 Å². The maximum absolute atomic E-state index is 10.6. The van der Waals surface area contributed by atoms with Crippen molar-refractivity contribution in [2.75, 3.05) is 0 Å². The number of nitriles is 1. The Morgan fingerprint density at radius 1 is 1.16 bits per heavy atom. The van der Waals surface area contributed by atoms with Crippen molar-refractivity contribution in [1.29, 1.82) is 5.26 Å². The fourth-order valence-electron chi connectivity index (χ4n) is 2.88. The molecule has 0 unspecified atom stereocenters. The molecule has 0 aliphatic carbocycles. The minimum Gasteiger partial charge on any atom is -0.285 e. The SMILES string of the molecule is Cc1nn(Cc2ccc([C]=O)cc2)c(C)c1-c1ccc(C#N)c(Cl)c1. The van der Waals surface area contributed by atoms with E-state index in [9.17, 15) is 4.79 Å². The third kappa shape index (κ3) is 3.33. The van der Waals surface area contributed by atoms with Gasteiger partial charge in [-0.2, -0.15) is 10.4 Å². The third-order valence-electron chi connectivity index (χ3n) is 4.16. The number of nitrogens with zero attached hydrogens (tertiary/aromatic N) is 3. The smallest absolute Gasteiger partial charge is 0.233 e. The normalized spacial score (nSPS) is 10.5. The first-order valence-corrected chi connectivity index (χ1v) is 8.12. The lowest BCUT2D eigenvalue weighted by Gasteiger charge is -2.07. The minimum atomic E-state index is 0.437. The van der Waals surface area contributed by atoms with E-state index in [0.29, 0.717) is 22.7 Å². The summed E-state index contributed by atoms with van der Waals surface area (Å²) >= 11 is 6.17. The zero-order valence-corrected chi connectivity index (χ0v) is 14.6. The summed E-state index contributed by atoms with van der Waals surface area (Å²) in [6.07, 6.45) is 1.87. The molecule has 1 radical (unpaired) electrons. The first-order valence-electron chi connectivity index (χ1n) is 7.74. The molecule has 1 aromatic heterocycles. The van der Waals surface area contributed by atoms with Crippen LogP contribution in [0.25, 0.3) is 11.1 Å². The number of aryl methyl sites for hydroxylation is 1. The zero-order valence-electron chi connectivity index (χ0n) is 13.9. The van der Waals surface area contributed by atoms with Gasteiger partial charge in [0.25, 0.3) is 0 Å². The molecule has 0 fully saturated rings. The molecule has 3 rings (SSSR count). The number of hydrogen-bond acceptors (Lipinski definition) is 3. The van der Waals surface area contributed by atoms with Gasteiger partial charge in [-0.05, 0) is 37.1 Å². The highest BCUT2D eigenvalue weighted by atomic mass is 35.5. The average molecular weight is 349 g/mol. The first-order chi connectivity index (χ1) is 12.0. The Balaban J connectivity index is 1.96. The van der Waals surface area contributed by atoms with Crippen LogP contribution in [0, 0.1) is 25.2 Å². The van der Waals surface area contributed by atoms with E-state index in [2.05, 4.69) is 11.2 Å². The van der Waals surface area contributed by atoms with Gasteiger partial charge in [0, 0.05) is 16.8 Å². The summed E-state index contributed by atoms with van der Waals surface area (Å²) in [6, 6.07) is 14.8. The minimum absolute atomic E-state index is 0.437. The van der Waals surface area contributed by atoms with Crippen LogP contribution in [-0.4, -0.2) is 16.1 Å². The van der Waals surface area contributed by atoms with Crippen molar-refractivity contribution in [1.82, 2.24) is 9.78 Å². The topological polar surface area (TPSA) is 58.7 Å². The van der Waals surface area contributed by atoms with Crippen molar-refractivity contribution >= 4 is 17.9 Å². The van der Waals surface area contributed by atoms with Crippen molar-refractivity contribution < 1.29 is 4.79 Å². The Bertz CT molecular complexity index is 981. The third-order valence-corrected chi connectivity index (χ3v) is 4.48. The van der Waals surface area contributed by atoms with Crippen LogP contribution >= 0.6 is 11.6 Å². The Morgan fingerprint density at radius 2 is 1.88 bits per heavy atom. The van der Waals surface area contributed by atoms with Crippen molar-refractivity contribution in [2.24, 2.45) is 0 Å². The molecule has 0 atom stereocenters. The van der Waals surface area contributed by atoms with Crippen molar-refractivity contribution in [3.63, 3.8) is 0 Å². The van der Waals surface area contributed by atoms with Crippen LogP contribution in [0.1, 0.15) is 28.1 Å². The molecular weight excluding hydrogens is 334 g/mol. The van der Waals surface area contributed by atoms with Gasteiger partial charge >= 0.3 is 0 Å². The lowest BCUT2D eigenvalue weighted by atomic mass is 10.0. The largest absolute Gasteiger partial charge is 0.285 e. The molecule has 0 saturated carbocycles. The van der Waals surface area contributed by atoms with E-state index in [-0.39, 0.29) is 0 Å². The summed E-state index contributed by atoms with van der Waals surface area (Å²) in [6.45, 7) is 4.57. The Kier molecular flexibility index (Phi) is 4.69. The molecule has 0 aliphatic heterocycles. The molecule has 0 bridgehead atoms. The highest BCUT2D eigenvalue weighted by Gasteiger charge is 2.15. The van der Waals surface area contributed by atoms with Gasteiger partial charge in [-0.15, -0.1) is 0 Å². The molecular formula is C20H15ClN3O. The molecule has 0 aliphatic rings. The molecule has 0 spiro atoms. The highest BCUT2D eigenvalue weighted by Crippen LogP contribution is 2.30. The molecule has 2 aromatic carbocycles. The summed E-state index contributed by atoms with van der Waals surface area (Å²) in [7, 11) is 0. The van der Waals surface area contributed by atoms with Gasteiger partial charge in [0.2, 0.25) is 6.29 Å². The van der Waals surface area contributed by atoms with Crippen LogP contribution in [-0.2, 0) is 11.3 Å². The fraction of sp³-hybridized carbons (Fsp3) is 0.150. The number of carbonyl (C=O) groups excluding carboxylic acids is 1. The molecule has 1 heterocycles. The molecule has 3 aromatic rings. The maximum atomic E-state index is 10.6. The predicted molar refractivity (Wildman–Crippen MR) is 97.2 cm³/mol. The number of rotatable bonds is 4. The lowest BCUT2D eigenvalue weighted by molar-refractivity contribution is 0.562. The van der Waals surface area contributed by atoms with Gasteiger partial charge in [0.15, 0.2) is 0 Å². The predicted octanol–water partition coefficient (Wildman–Crippen LogP) is 4.20. The van der Waals surface area contributed by atoms with E-state index in [0.717, 1.165) is 28.1 Å². The quantitative estimate of drug-likeness (QED) is 0.710. The summed E-state index contributed by atoms with van der Waals surface area (Å²) in [5.41, 5.74) is 5.92. The summed E-state index contributed by atoms with van der Waals surface area (Å²) in [4.78, 5) is 10.6. The Hall–Kier alpha value is -2.90. The average Bonchev–Trinajstić information content (AvgIpc) is 2.89. The van der Waals surface area contributed by atoms with Crippen LogP contribution in [0.2, 0.25) is 5.02 Å². The van der Waals surface area contributed by atoms with Crippen LogP contribution in [0.4, 0.5) is 0 Å². The fourth-order valence-corrected chi connectivity index (χ4v) is 3.10. The van der Waals surface area contributed by atoms with Crippen LogP contribution in [0.5, 0.6) is 0 Å². The van der Waals surface area contributed by atoms with Crippen LogP contribution in [0.3, 0.4) is 0 Å². The monoisotopic (exact) mass is 348 g/mol. The molecule has 0 saturated heterocycles. The van der Waals surface area contributed by atoms with E-state index >= 15 is 0 Å². The second kappa shape index (κ2) is 6.92. The van der Waals surface area contributed by atoms with Gasteiger partial charge in [0.05, 0.1) is 22.8 Å². The standard InChI is InChI=1S/C20H15ClN3O/c1-13-20(17-7-8-18(10-22)19(21)9-17)14(2)24(23-13)11-15-3-5-16(12-25)6-4-15/h3-9H,11H2,1-2H3. The molecule has 4 nitrogen and oxygen atoms in total. The van der Waals surface area contributed by atoms with Crippen LogP contribution < -0.4 is 0 Å². The number of hydrogen-bond donors (Lipinski definition) is 0. The zero-order chi connectivity index (χ0) is 18.0. The second-order valence-electron chi connectivity index (χ2n) is 5.81. The highest BCUT2D eigenvalue weighted by molar-refractivity contribution is 6.32. The molecule has 0 amide bonds. The number of benzene rings is 2. The van der Waals surface area contributed by atoms with E-state index in [4.69, 9.17) is 16.9 Å². The van der Waals surface area contributed by atoms with Crippen molar-refractivity contribution in [2.45, 2.75) is 20.4 Å². The number of halogens is 1.